The molecule has 0 spiro atoms. The van der Waals surface area contributed by atoms with Crippen molar-refractivity contribution >= 4 is 89.7 Å². The minimum absolute atomic E-state index is 0. The molecule has 12 aromatic carbocycles. The normalized spacial score (nSPS) is 14.8. The second-order valence-corrected chi connectivity index (χ2v) is 30.6. The summed E-state index contributed by atoms with van der Waals surface area (Å²) in [5, 5.41) is 44.6. The predicted octanol–water partition coefficient (Wildman–Crippen LogP) is 15.5. The summed E-state index contributed by atoms with van der Waals surface area (Å²) in [6.45, 7) is 4.74. The Morgan fingerprint density at radius 3 is 1.04 bits per heavy atom. The molecule has 0 aromatic heterocycles. The number of aliphatic hydroxyl groups is 2. The molecule has 11 nitrogen and oxygen atoms in total. The Balaban J connectivity index is 0.000000291. The van der Waals surface area contributed by atoms with Crippen molar-refractivity contribution in [2.24, 2.45) is 0 Å². The van der Waals surface area contributed by atoms with Crippen molar-refractivity contribution in [2.75, 3.05) is 26.3 Å². The average molecular weight is 1990 g/mol. The smallest absolute Gasteiger partial charge is 0.432 e. The molecule has 113 heavy (non-hydrogen) atoms. The van der Waals surface area contributed by atoms with E-state index in [0.717, 1.165) is 56.0 Å². The van der Waals surface area contributed by atoms with Crippen molar-refractivity contribution in [2.45, 2.75) is 75.3 Å². The molecular formula is C91H90BBrCl2Cs2F2N2O9P2Pd. The second-order valence-electron chi connectivity index (χ2n) is 25.7. The molecule has 0 saturated carbocycles. The van der Waals surface area contributed by atoms with E-state index >= 15 is 0 Å². The van der Waals surface area contributed by atoms with Gasteiger partial charge in [0.25, 0.3) is 0 Å². The second kappa shape index (κ2) is 56.0. The topological polar surface area (TPSA) is 168 Å². The number of aliphatic hydroxyl groups excluding tert-OH is 2. The molecule has 2 amide bonds. The van der Waals surface area contributed by atoms with Crippen LogP contribution in [0.15, 0.2) is 344 Å². The summed E-state index contributed by atoms with van der Waals surface area (Å²) in [7, 11) is 0.791. The quantitative estimate of drug-likeness (QED) is 0.0221. The van der Waals surface area contributed by atoms with Crippen molar-refractivity contribution in [1.29, 1.82) is 0 Å². The monoisotopic (exact) mass is 1990 g/mol. The zero-order valence-electron chi connectivity index (χ0n) is 63.6. The van der Waals surface area contributed by atoms with Crippen LogP contribution in [0.3, 0.4) is 0 Å². The van der Waals surface area contributed by atoms with E-state index in [2.05, 4.69) is 183 Å². The van der Waals surface area contributed by atoms with Gasteiger partial charge in [0.1, 0.15) is 18.3 Å². The van der Waals surface area contributed by atoms with Crippen LogP contribution in [0.5, 0.6) is 0 Å². The van der Waals surface area contributed by atoms with Crippen LogP contribution in [0, 0.1) is 17.7 Å². The van der Waals surface area contributed by atoms with E-state index in [1.807, 2.05) is 168 Å². The SMILES string of the molecule is C[C@@H](c1ccc(-c2ccc(F)cc2)cc1)N1CC[C@](CCO)(c2ccccc2)CC1=O.C[C@@H](c1ccc(Br)cc1)N1CC[C@](CCO)(c2ccccc2)CC1=O.ClP(Cl)c1ccccc1.O=C([PH-])OO.OB(O)c1ccc(F)cc1.[Cs+].[Cs+].[Pd].[c-]1ccccc1.c1ccc(-c2ccccc2)cc1.c1ccc(-c2ccccc2)cc1. The molecule has 5 N–H and O–H groups in total. The van der Waals surface area contributed by atoms with Crippen LogP contribution in [0.25, 0.3) is 33.4 Å². The largest absolute Gasteiger partial charge is 1.00 e. The maximum Gasteiger partial charge on any atom is 1.00 e. The van der Waals surface area contributed by atoms with Gasteiger partial charge < -0.3 is 44.2 Å². The number of piperidine rings is 2. The standard InChI is InChI=1S/C27H28FNO2.C21H24BrNO2.2C12H10.C6H6BFO2.C6H5Cl2P.C6H5.CH2O3P.2Cs.Pd/c1-20(21-7-9-22(10-8-21)23-11-13-25(28)14-12-23)29-17-15-27(16-18-30,19-26(29)31)24-5-3-2-4-6-24;1-16(17-7-9-19(22)10-8-17)23-13-11-21(12-14-24,15-20(23)25)18-5-3-2-4-6-18;2*1-3-7-11(8-4-1)12-9-5-2-6-10-12;8-6-3-1-5(2-4-6)7(9)10;7-9(8)6-4-2-1-3-5-6;1-2-4-6-5-3-1;2-1(5)4-3;;;/h2-14,20,30H,15-19H2,1H3;2-10,16,24H,11-15H2,1H3;2*1-10H;1-4,9-10H;1-5H;1-5H;3,5H;;;/q;;;;;;2*-1;2*+1;/t20-,27+;16-,21+;;;;;;;;;/m00........./s1. The number of hydrogen-bond donors (Lipinski definition) is 5. The summed E-state index contributed by atoms with van der Waals surface area (Å²) < 4.78 is 26.4. The number of carbonyl (C=O) groups excluding carboxylic acids is 3. The van der Waals surface area contributed by atoms with Gasteiger partial charge >= 0.3 is 145 Å². The molecule has 14 rings (SSSR count). The first-order valence-electron chi connectivity index (χ1n) is 35.8. The Morgan fingerprint density at radius 1 is 0.487 bits per heavy atom. The van der Waals surface area contributed by atoms with Crippen LogP contribution in [-0.4, -0.2) is 86.3 Å². The Kier molecular flexibility index (Phi) is 50.0. The van der Waals surface area contributed by atoms with Crippen LogP contribution >= 0.6 is 54.3 Å². The number of halogens is 5. The van der Waals surface area contributed by atoms with Gasteiger partial charge in [-0.3, -0.25) is 14.4 Å². The maximum absolute atomic E-state index is 13.2. The fraction of sp³-hybridized carbons (Fsp3) is 0.176. The van der Waals surface area contributed by atoms with E-state index in [1.54, 1.807) is 12.1 Å². The maximum atomic E-state index is 13.2. The van der Waals surface area contributed by atoms with Gasteiger partial charge in [0.2, 0.25) is 11.8 Å². The number of nitrogens with zero attached hydrogens (tertiary/aromatic N) is 2. The predicted molar refractivity (Wildman–Crippen MR) is 452 cm³/mol. The number of rotatable bonds is 15. The Hall–Kier alpha value is -4.54. The van der Waals surface area contributed by atoms with Gasteiger partial charge in [-0.1, -0.05) is 311 Å². The molecule has 2 aliphatic heterocycles. The number of hydrogen-bond acceptors (Lipinski definition) is 9. The summed E-state index contributed by atoms with van der Waals surface area (Å²) in [6, 6.07) is 112. The molecular weight excluding hydrogens is 1900 g/mol. The first-order valence-corrected chi connectivity index (χ1v) is 40.2. The summed E-state index contributed by atoms with van der Waals surface area (Å²) in [5.41, 5.74) is 10.5. The van der Waals surface area contributed by atoms with E-state index in [9.17, 15) is 33.4 Å². The summed E-state index contributed by atoms with van der Waals surface area (Å²) >= 11 is 14.7. The molecule has 0 bridgehead atoms. The van der Waals surface area contributed by atoms with Crippen LogP contribution in [0.1, 0.15) is 86.7 Å². The molecule has 2 heterocycles. The van der Waals surface area contributed by atoms with Gasteiger partial charge in [-0.15, -0.1) is 0 Å². The van der Waals surface area contributed by atoms with Crippen molar-refractivity contribution in [3.05, 3.63) is 384 Å². The number of amides is 2. The minimum atomic E-state index is -1.51. The van der Waals surface area contributed by atoms with Crippen LogP contribution in [0.2, 0.25) is 0 Å². The van der Waals surface area contributed by atoms with Crippen molar-refractivity contribution in [1.82, 2.24) is 9.80 Å². The Labute approximate surface area is 818 Å². The van der Waals surface area contributed by atoms with E-state index < -0.39 is 19.5 Å². The van der Waals surface area contributed by atoms with E-state index in [1.165, 1.54) is 58.7 Å². The summed E-state index contributed by atoms with van der Waals surface area (Å²) in [5.74, 6) is -0.340. The average Bonchev–Trinajstić information content (AvgIpc) is 0.782. The van der Waals surface area contributed by atoms with Gasteiger partial charge in [0.05, 0.1) is 12.1 Å². The molecule has 4 atom stereocenters. The van der Waals surface area contributed by atoms with Gasteiger partial charge in [-0.05, 0) is 137 Å². The molecule has 0 unspecified atom stereocenters. The third-order valence-corrected chi connectivity index (χ3v) is 21.1. The van der Waals surface area contributed by atoms with Gasteiger partial charge in [0.15, 0.2) is 5.71 Å². The fourth-order valence-corrected chi connectivity index (χ4v) is 14.0. The van der Waals surface area contributed by atoms with Gasteiger partial charge in [0, 0.05) is 80.2 Å². The number of benzene rings is 12. The Morgan fingerprint density at radius 2 is 0.770 bits per heavy atom. The zero-order valence-corrected chi connectivity index (χ0v) is 82.7. The van der Waals surface area contributed by atoms with Gasteiger partial charge in [-0.25, -0.2) is 14.0 Å². The summed E-state index contributed by atoms with van der Waals surface area (Å²) in [4.78, 5) is 42.4. The van der Waals surface area contributed by atoms with Crippen molar-refractivity contribution in [3.63, 3.8) is 0 Å². The number of likely N-dealkylation sites (tertiary alicyclic amines) is 2. The molecule has 2 saturated heterocycles. The van der Waals surface area contributed by atoms with Gasteiger partial charge in [-0.2, -0.15) is 36.4 Å². The molecule has 0 radical (unpaired) electrons. The molecule has 12 aromatic rings. The summed E-state index contributed by atoms with van der Waals surface area (Å²) in [6.07, 6.45) is 3.81. The zero-order chi connectivity index (χ0) is 78.9. The van der Waals surface area contributed by atoms with Crippen molar-refractivity contribution < 1.29 is 212 Å². The van der Waals surface area contributed by atoms with E-state index in [0.29, 0.717) is 44.2 Å². The minimum Gasteiger partial charge on any atom is -0.432 e. The van der Waals surface area contributed by atoms with Crippen LogP contribution in [0.4, 0.5) is 13.6 Å². The molecule has 22 heteroatoms. The first kappa shape index (κ1) is 101. The molecule has 2 aliphatic rings. The molecule has 2 fully saturated rings. The molecule has 0 aliphatic carbocycles. The van der Waals surface area contributed by atoms with E-state index in [4.69, 9.17) is 37.8 Å². The number of carbonyl (C=O) groups is 3. The first-order chi connectivity index (χ1) is 53.3. The third kappa shape index (κ3) is 34.7. The van der Waals surface area contributed by atoms with Crippen molar-refractivity contribution in [3.8, 4) is 33.4 Å². The third-order valence-electron chi connectivity index (χ3n) is 18.7. The molecule has 578 valence electrons. The van der Waals surface area contributed by atoms with Crippen LogP contribution in [-0.2, 0) is 45.7 Å². The van der Waals surface area contributed by atoms with Crippen LogP contribution < -0.4 is 149 Å². The fourth-order valence-electron chi connectivity index (χ4n) is 12.7. The van der Waals surface area contributed by atoms with E-state index in [-0.39, 0.29) is 218 Å². The Bertz CT molecular complexity index is 4390.